The summed E-state index contributed by atoms with van der Waals surface area (Å²) in [6, 6.07) is 14.2. The van der Waals surface area contributed by atoms with Gasteiger partial charge in [-0.25, -0.2) is 9.97 Å². The van der Waals surface area contributed by atoms with Gasteiger partial charge in [0.25, 0.3) is 0 Å². The number of aliphatic hydroxyl groups is 1. The second-order valence-corrected chi connectivity index (χ2v) is 7.85. The molecule has 8 nitrogen and oxygen atoms in total. The minimum Gasteiger partial charge on any atom is -0.490 e. The zero-order chi connectivity index (χ0) is 20.8. The van der Waals surface area contributed by atoms with Crippen LogP contribution in [0.25, 0.3) is 16.9 Å². The molecule has 0 unspecified atom stereocenters. The van der Waals surface area contributed by atoms with Crippen LogP contribution in [0.1, 0.15) is 0 Å². The fourth-order valence-corrected chi connectivity index (χ4v) is 4.01. The van der Waals surface area contributed by atoms with Crippen LogP contribution in [0.15, 0.2) is 61.1 Å². The molecule has 2 aromatic carbocycles. The van der Waals surface area contributed by atoms with E-state index in [9.17, 15) is 5.11 Å². The van der Waals surface area contributed by atoms with Crippen LogP contribution in [-0.2, 0) is 0 Å². The fraction of sp³-hybridized carbons (Fsp3) is 0.217. The Morgan fingerprint density at radius 1 is 1.13 bits per heavy atom. The third kappa shape index (κ3) is 3.30. The van der Waals surface area contributed by atoms with E-state index >= 15 is 0 Å². The van der Waals surface area contributed by atoms with Gasteiger partial charge in [-0.2, -0.15) is 0 Å². The highest BCUT2D eigenvalue weighted by Gasteiger charge is 2.24. The highest BCUT2D eigenvalue weighted by Crippen LogP contribution is 2.33. The van der Waals surface area contributed by atoms with Crippen molar-refractivity contribution in [2.45, 2.75) is 6.10 Å². The Hall–Kier alpha value is -3.78. The lowest BCUT2D eigenvalue weighted by molar-refractivity contribution is 0.142. The van der Waals surface area contributed by atoms with Crippen molar-refractivity contribution < 1.29 is 9.84 Å². The van der Waals surface area contributed by atoms with Crippen LogP contribution in [-0.4, -0.2) is 51.8 Å². The van der Waals surface area contributed by atoms with Gasteiger partial charge in [-0.3, -0.25) is 0 Å². The van der Waals surface area contributed by atoms with Gasteiger partial charge in [-0.15, -0.1) is 0 Å². The third-order valence-corrected chi connectivity index (χ3v) is 5.68. The average molecular weight is 414 g/mol. The van der Waals surface area contributed by atoms with Gasteiger partial charge >= 0.3 is 0 Å². The van der Waals surface area contributed by atoms with E-state index in [-0.39, 0.29) is 6.10 Å². The molecular formula is C23H22N6O2. The van der Waals surface area contributed by atoms with Crippen LogP contribution in [0.2, 0.25) is 0 Å². The number of benzene rings is 2. The maximum atomic E-state index is 9.51. The van der Waals surface area contributed by atoms with Gasteiger partial charge in [0.1, 0.15) is 12.4 Å². The van der Waals surface area contributed by atoms with Crippen LogP contribution in [0, 0.1) is 0 Å². The maximum Gasteiger partial charge on any atom is 0.180 e. The number of aromatic nitrogens is 3. The molecule has 156 valence electrons. The predicted molar refractivity (Wildman–Crippen MR) is 120 cm³/mol. The first kappa shape index (κ1) is 18.0. The Morgan fingerprint density at radius 3 is 2.84 bits per heavy atom. The number of rotatable bonds is 4. The van der Waals surface area contributed by atoms with Gasteiger partial charge in [0.15, 0.2) is 11.5 Å². The number of nitrogens with zero attached hydrogens (tertiary/aromatic N) is 4. The summed E-state index contributed by atoms with van der Waals surface area (Å²) < 4.78 is 7.76. The number of anilines is 4. The number of ether oxygens (including phenoxy) is 1. The van der Waals surface area contributed by atoms with Crippen LogP contribution in [0.4, 0.5) is 22.9 Å². The molecule has 0 bridgehead atoms. The number of hydrogen-bond donors (Lipinski definition) is 3. The number of hydrogen-bond acceptors (Lipinski definition) is 7. The molecule has 0 aliphatic carbocycles. The number of β-amino-alcohol motifs (C(OH)–C–C–N with tert-alkyl or cyclic N) is 1. The zero-order valence-corrected chi connectivity index (χ0v) is 16.8. The third-order valence-electron chi connectivity index (χ3n) is 5.68. The van der Waals surface area contributed by atoms with Gasteiger partial charge in [0, 0.05) is 55.2 Å². The molecule has 0 saturated carbocycles. The first-order chi connectivity index (χ1) is 15.2. The van der Waals surface area contributed by atoms with E-state index in [1.54, 1.807) is 6.20 Å². The highest BCUT2D eigenvalue weighted by molar-refractivity contribution is 5.76. The molecule has 1 fully saturated rings. The molecule has 0 atom stereocenters. The zero-order valence-electron chi connectivity index (χ0n) is 16.8. The van der Waals surface area contributed by atoms with Crippen LogP contribution in [0.3, 0.4) is 0 Å². The number of nitrogens with one attached hydrogen (secondary N) is 2. The maximum absolute atomic E-state index is 9.51. The Bertz CT molecular complexity index is 1250. The summed E-state index contributed by atoms with van der Waals surface area (Å²) in [6.07, 6.45) is 5.44. The molecule has 0 spiro atoms. The summed E-state index contributed by atoms with van der Waals surface area (Å²) in [7, 11) is 0. The Kier molecular flexibility index (Phi) is 4.17. The molecule has 4 aromatic rings. The number of fused-ring (bicyclic) bond motifs is 2. The summed E-state index contributed by atoms with van der Waals surface area (Å²) in [5.74, 6) is 1.53. The van der Waals surface area contributed by atoms with Crippen molar-refractivity contribution >= 4 is 28.5 Å². The van der Waals surface area contributed by atoms with E-state index in [4.69, 9.17) is 9.72 Å². The quantitative estimate of drug-likeness (QED) is 0.473. The topological polar surface area (TPSA) is 87.0 Å². The first-order valence-electron chi connectivity index (χ1n) is 10.4. The minimum atomic E-state index is -0.219. The van der Waals surface area contributed by atoms with Crippen molar-refractivity contribution in [1.29, 1.82) is 0 Å². The molecule has 8 heteroatoms. The number of imidazole rings is 1. The molecule has 0 radical (unpaired) electrons. The average Bonchev–Trinajstić information content (AvgIpc) is 3.26. The van der Waals surface area contributed by atoms with E-state index < -0.39 is 0 Å². The van der Waals surface area contributed by atoms with Crippen molar-refractivity contribution in [2.24, 2.45) is 0 Å². The second kappa shape index (κ2) is 7.17. The molecule has 31 heavy (non-hydrogen) atoms. The van der Waals surface area contributed by atoms with Gasteiger partial charge in [-0.1, -0.05) is 6.07 Å². The van der Waals surface area contributed by atoms with Gasteiger partial charge < -0.3 is 29.8 Å². The van der Waals surface area contributed by atoms with Gasteiger partial charge in [0.2, 0.25) is 0 Å². The lowest BCUT2D eigenvalue weighted by atomic mass is 10.1. The smallest absolute Gasteiger partial charge is 0.180 e. The highest BCUT2D eigenvalue weighted by atomic mass is 16.5. The lowest BCUT2D eigenvalue weighted by Gasteiger charge is -2.37. The first-order valence-corrected chi connectivity index (χ1v) is 10.4. The summed E-state index contributed by atoms with van der Waals surface area (Å²) >= 11 is 0. The van der Waals surface area contributed by atoms with E-state index in [2.05, 4.69) is 32.7 Å². The lowest BCUT2D eigenvalue weighted by Crippen LogP contribution is -2.50. The molecular weight excluding hydrogens is 392 g/mol. The van der Waals surface area contributed by atoms with E-state index in [1.807, 2.05) is 47.1 Å². The monoisotopic (exact) mass is 414 g/mol. The molecule has 1 saturated heterocycles. The van der Waals surface area contributed by atoms with Crippen molar-refractivity contribution in [3.8, 4) is 17.0 Å². The van der Waals surface area contributed by atoms with Crippen LogP contribution < -0.4 is 20.3 Å². The summed E-state index contributed by atoms with van der Waals surface area (Å²) in [6.45, 7) is 2.84. The molecule has 3 N–H and O–H groups in total. The van der Waals surface area contributed by atoms with Crippen LogP contribution in [0.5, 0.6) is 5.75 Å². The second-order valence-electron chi connectivity index (χ2n) is 7.85. The molecule has 4 heterocycles. The van der Waals surface area contributed by atoms with E-state index in [0.29, 0.717) is 25.5 Å². The Morgan fingerprint density at radius 2 is 2.00 bits per heavy atom. The van der Waals surface area contributed by atoms with Gasteiger partial charge in [-0.05, 0) is 36.4 Å². The summed E-state index contributed by atoms with van der Waals surface area (Å²) in [5.41, 5.74) is 5.61. The van der Waals surface area contributed by atoms with E-state index in [0.717, 1.165) is 46.3 Å². The van der Waals surface area contributed by atoms with Crippen LogP contribution >= 0.6 is 0 Å². The molecule has 6 rings (SSSR count). The standard InChI is InChI=1S/C23H22N6O2/c30-18-12-29(13-18)17-4-2-16(3-5-17)26-22-23-25-7-9-28(23)14-20(27-22)15-1-6-19-21(11-15)31-10-8-24-19/h1-7,9,11,14,18,24,30H,8,10,12-13H2,(H,26,27). The predicted octanol–water partition coefficient (Wildman–Crippen LogP) is 3.13. The van der Waals surface area contributed by atoms with Gasteiger partial charge in [0.05, 0.1) is 17.5 Å². The fourth-order valence-electron chi connectivity index (χ4n) is 4.01. The summed E-state index contributed by atoms with van der Waals surface area (Å²) in [4.78, 5) is 11.5. The molecule has 2 aromatic heterocycles. The Labute approximate surface area is 179 Å². The SMILES string of the molecule is OC1CN(c2ccc(Nc3nc(-c4ccc5c(c4)OCCN5)cn4ccnc34)cc2)C1. The molecule has 0 amide bonds. The Balaban J connectivity index is 1.32. The normalized spacial score (nSPS) is 15.7. The van der Waals surface area contributed by atoms with Crippen molar-refractivity contribution in [3.05, 3.63) is 61.1 Å². The molecule has 2 aliphatic rings. The van der Waals surface area contributed by atoms with E-state index in [1.165, 1.54) is 0 Å². The molecule has 2 aliphatic heterocycles. The largest absolute Gasteiger partial charge is 0.490 e. The minimum absolute atomic E-state index is 0.219. The van der Waals surface area contributed by atoms with Crippen molar-refractivity contribution in [3.63, 3.8) is 0 Å². The summed E-state index contributed by atoms with van der Waals surface area (Å²) in [5, 5.41) is 16.3. The van der Waals surface area contributed by atoms with Crippen molar-refractivity contribution in [1.82, 2.24) is 14.4 Å². The van der Waals surface area contributed by atoms with Crippen molar-refractivity contribution in [2.75, 3.05) is 41.8 Å². The number of aliphatic hydroxyl groups excluding tert-OH is 1.